The summed E-state index contributed by atoms with van der Waals surface area (Å²) in [6.07, 6.45) is 1.78. The second kappa shape index (κ2) is 6.52. The fourth-order valence-electron chi connectivity index (χ4n) is 2.28. The number of carbonyl (C=O) groups is 1. The predicted octanol–water partition coefficient (Wildman–Crippen LogP) is 4.93. The lowest BCUT2D eigenvalue weighted by atomic mass is 10.1. The molecule has 0 unspecified atom stereocenters. The van der Waals surface area contributed by atoms with Crippen molar-refractivity contribution in [3.63, 3.8) is 0 Å². The van der Waals surface area contributed by atoms with E-state index in [0.29, 0.717) is 27.1 Å². The number of hydrogen-bond acceptors (Lipinski definition) is 3. The van der Waals surface area contributed by atoms with E-state index in [1.54, 1.807) is 37.6 Å². The molecule has 1 amide bonds. The summed E-state index contributed by atoms with van der Waals surface area (Å²) in [5, 5.41) is 4.51. The third-order valence-corrected chi connectivity index (χ3v) is 4.16. The van der Waals surface area contributed by atoms with Crippen molar-refractivity contribution in [2.24, 2.45) is 0 Å². The molecule has 0 saturated carbocycles. The van der Waals surface area contributed by atoms with Crippen LogP contribution in [0.1, 0.15) is 5.56 Å². The van der Waals surface area contributed by atoms with Crippen LogP contribution < -0.4 is 10.1 Å². The molecule has 4 nitrogen and oxygen atoms in total. The Morgan fingerprint density at radius 1 is 1.17 bits per heavy atom. The SMILES string of the molecule is COc1ccc2c(CC(=O)Nc3ccc(Cl)c(Cl)c3)coc2c1. The molecule has 118 valence electrons. The first kappa shape index (κ1) is 15.7. The molecule has 23 heavy (non-hydrogen) atoms. The number of anilines is 1. The molecule has 1 aromatic heterocycles. The van der Waals surface area contributed by atoms with Crippen molar-refractivity contribution >= 4 is 45.8 Å². The van der Waals surface area contributed by atoms with Crippen molar-refractivity contribution in [1.82, 2.24) is 0 Å². The number of fused-ring (bicyclic) bond motifs is 1. The van der Waals surface area contributed by atoms with E-state index in [1.807, 2.05) is 12.1 Å². The van der Waals surface area contributed by atoms with Crippen LogP contribution in [-0.2, 0) is 11.2 Å². The number of carbonyl (C=O) groups excluding carboxylic acids is 1. The Labute approximate surface area is 142 Å². The Bertz CT molecular complexity index is 873. The van der Waals surface area contributed by atoms with E-state index in [0.717, 1.165) is 10.9 Å². The average molecular weight is 350 g/mol. The molecule has 1 N–H and O–H groups in total. The molecule has 0 aliphatic carbocycles. The number of nitrogens with one attached hydrogen (secondary N) is 1. The van der Waals surface area contributed by atoms with Gasteiger partial charge < -0.3 is 14.5 Å². The van der Waals surface area contributed by atoms with Crippen molar-refractivity contribution in [2.75, 3.05) is 12.4 Å². The van der Waals surface area contributed by atoms with Gasteiger partial charge in [0.05, 0.1) is 29.8 Å². The van der Waals surface area contributed by atoms with E-state index >= 15 is 0 Å². The Hall–Kier alpha value is -2.17. The predicted molar refractivity (Wildman–Crippen MR) is 91.6 cm³/mol. The lowest BCUT2D eigenvalue weighted by Crippen LogP contribution is -2.14. The summed E-state index contributed by atoms with van der Waals surface area (Å²) in [7, 11) is 1.59. The fourth-order valence-corrected chi connectivity index (χ4v) is 2.58. The lowest BCUT2D eigenvalue weighted by Gasteiger charge is -2.06. The number of methoxy groups -OCH3 is 1. The van der Waals surface area contributed by atoms with Gasteiger partial charge in [-0.2, -0.15) is 0 Å². The number of furan rings is 1. The summed E-state index contributed by atoms with van der Waals surface area (Å²) in [6.45, 7) is 0. The van der Waals surface area contributed by atoms with Crippen molar-refractivity contribution in [2.45, 2.75) is 6.42 Å². The Balaban J connectivity index is 1.76. The van der Waals surface area contributed by atoms with Crippen molar-refractivity contribution in [3.8, 4) is 5.75 Å². The van der Waals surface area contributed by atoms with Crippen molar-refractivity contribution in [3.05, 3.63) is 58.3 Å². The molecule has 0 bridgehead atoms. The molecule has 1 heterocycles. The molecule has 0 saturated heterocycles. The summed E-state index contributed by atoms with van der Waals surface area (Å²) in [6, 6.07) is 10.4. The monoisotopic (exact) mass is 349 g/mol. The minimum absolute atomic E-state index is 0.165. The second-order valence-corrected chi connectivity index (χ2v) is 5.79. The van der Waals surface area contributed by atoms with Crippen LogP contribution in [-0.4, -0.2) is 13.0 Å². The van der Waals surface area contributed by atoms with Gasteiger partial charge >= 0.3 is 0 Å². The molecule has 0 aliphatic heterocycles. The van der Waals surface area contributed by atoms with Crippen LogP contribution in [0.15, 0.2) is 47.1 Å². The molecule has 0 spiro atoms. The first-order chi connectivity index (χ1) is 11.1. The van der Waals surface area contributed by atoms with Crippen LogP contribution in [0.5, 0.6) is 5.75 Å². The van der Waals surface area contributed by atoms with Gasteiger partial charge in [-0.15, -0.1) is 0 Å². The van der Waals surface area contributed by atoms with Crippen LogP contribution in [0.25, 0.3) is 11.0 Å². The highest BCUT2D eigenvalue weighted by molar-refractivity contribution is 6.42. The zero-order chi connectivity index (χ0) is 16.4. The maximum Gasteiger partial charge on any atom is 0.228 e. The average Bonchev–Trinajstić information content (AvgIpc) is 2.93. The second-order valence-electron chi connectivity index (χ2n) is 4.98. The van der Waals surface area contributed by atoms with Gasteiger partial charge in [-0.1, -0.05) is 23.2 Å². The highest BCUT2D eigenvalue weighted by Crippen LogP contribution is 2.27. The zero-order valence-corrected chi connectivity index (χ0v) is 13.7. The third kappa shape index (κ3) is 3.44. The number of amides is 1. The standard InChI is InChI=1S/C17H13Cl2NO3/c1-22-12-3-4-13-10(9-23-16(13)8-12)6-17(21)20-11-2-5-14(18)15(19)7-11/h2-5,7-9H,6H2,1H3,(H,20,21). The molecule has 2 aromatic carbocycles. The van der Waals surface area contributed by atoms with Gasteiger partial charge in [0.25, 0.3) is 0 Å². The molecular weight excluding hydrogens is 337 g/mol. The van der Waals surface area contributed by atoms with E-state index in [1.165, 1.54) is 0 Å². The first-order valence-electron chi connectivity index (χ1n) is 6.86. The van der Waals surface area contributed by atoms with Gasteiger partial charge in [0.1, 0.15) is 11.3 Å². The van der Waals surface area contributed by atoms with Crippen LogP contribution in [0, 0.1) is 0 Å². The number of rotatable bonds is 4. The summed E-state index contributed by atoms with van der Waals surface area (Å²) in [5.41, 5.74) is 2.08. The number of ether oxygens (including phenoxy) is 1. The molecular formula is C17H13Cl2NO3. The fraction of sp³-hybridized carbons (Fsp3) is 0.118. The first-order valence-corrected chi connectivity index (χ1v) is 7.61. The van der Waals surface area contributed by atoms with Gasteiger partial charge in [0, 0.05) is 22.7 Å². The van der Waals surface area contributed by atoms with Gasteiger partial charge in [-0.05, 0) is 30.3 Å². The maximum absolute atomic E-state index is 12.2. The Morgan fingerprint density at radius 2 is 2.00 bits per heavy atom. The van der Waals surface area contributed by atoms with E-state index in [4.69, 9.17) is 32.4 Å². The minimum Gasteiger partial charge on any atom is -0.497 e. The number of benzene rings is 2. The zero-order valence-electron chi connectivity index (χ0n) is 12.2. The molecule has 0 fully saturated rings. The van der Waals surface area contributed by atoms with Crippen LogP contribution in [0.4, 0.5) is 5.69 Å². The highest BCUT2D eigenvalue weighted by Gasteiger charge is 2.12. The van der Waals surface area contributed by atoms with Crippen molar-refractivity contribution in [1.29, 1.82) is 0 Å². The molecule has 0 aliphatic rings. The quantitative estimate of drug-likeness (QED) is 0.726. The van der Waals surface area contributed by atoms with Gasteiger partial charge in [-0.25, -0.2) is 0 Å². The third-order valence-electron chi connectivity index (χ3n) is 3.42. The molecule has 6 heteroatoms. The Kier molecular flexibility index (Phi) is 4.46. The smallest absolute Gasteiger partial charge is 0.228 e. The Morgan fingerprint density at radius 3 is 2.74 bits per heavy atom. The largest absolute Gasteiger partial charge is 0.497 e. The van der Waals surface area contributed by atoms with E-state index < -0.39 is 0 Å². The summed E-state index contributed by atoms with van der Waals surface area (Å²) < 4.78 is 10.6. The summed E-state index contributed by atoms with van der Waals surface area (Å²) >= 11 is 11.8. The minimum atomic E-state index is -0.165. The molecule has 0 radical (unpaired) electrons. The topological polar surface area (TPSA) is 51.5 Å². The lowest BCUT2D eigenvalue weighted by molar-refractivity contribution is -0.115. The summed E-state index contributed by atoms with van der Waals surface area (Å²) in [4.78, 5) is 12.2. The normalized spacial score (nSPS) is 10.7. The van der Waals surface area contributed by atoms with Crippen LogP contribution in [0.3, 0.4) is 0 Å². The molecule has 3 rings (SSSR count). The van der Waals surface area contributed by atoms with E-state index in [9.17, 15) is 4.79 Å². The number of halogens is 2. The van der Waals surface area contributed by atoms with E-state index in [2.05, 4.69) is 5.32 Å². The highest BCUT2D eigenvalue weighted by atomic mass is 35.5. The molecule has 0 atom stereocenters. The number of hydrogen-bond donors (Lipinski definition) is 1. The van der Waals surface area contributed by atoms with Gasteiger partial charge in [0.15, 0.2) is 0 Å². The van der Waals surface area contributed by atoms with Gasteiger partial charge in [-0.3, -0.25) is 4.79 Å². The maximum atomic E-state index is 12.2. The van der Waals surface area contributed by atoms with Gasteiger partial charge in [0.2, 0.25) is 5.91 Å². The molecule has 3 aromatic rings. The van der Waals surface area contributed by atoms with Crippen molar-refractivity contribution < 1.29 is 13.9 Å². The van der Waals surface area contributed by atoms with Crippen LogP contribution in [0.2, 0.25) is 10.0 Å². The van der Waals surface area contributed by atoms with Crippen LogP contribution >= 0.6 is 23.2 Å². The van der Waals surface area contributed by atoms with E-state index in [-0.39, 0.29) is 12.3 Å². The summed E-state index contributed by atoms with van der Waals surface area (Å²) in [5.74, 6) is 0.542.